The van der Waals surface area contributed by atoms with Crippen molar-refractivity contribution in [2.75, 3.05) is 5.73 Å². The molecule has 0 bridgehead atoms. The Hall–Kier alpha value is -1.07. The third-order valence-corrected chi connectivity index (χ3v) is 3.84. The molecule has 0 aliphatic heterocycles. The quantitative estimate of drug-likeness (QED) is 0.875. The van der Waals surface area contributed by atoms with Crippen molar-refractivity contribution in [3.63, 3.8) is 0 Å². The fraction of sp³-hybridized carbons (Fsp3) is 0.0833. The van der Waals surface area contributed by atoms with Gasteiger partial charge in [-0.3, -0.25) is 4.98 Å². The van der Waals surface area contributed by atoms with Crippen LogP contribution in [0.4, 0.5) is 10.1 Å². The molecule has 1 aromatic carbocycles. The Morgan fingerprint density at radius 1 is 1.35 bits per heavy atom. The Morgan fingerprint density at radius 2 is 2.18 bits per heavy atom. The van der Waals surface area contributed by atoms with E-state index < -0.39 is 0 Å². The number of rotatable bonds is 3. The van der Waals surface area contributed by atoms with Gasteiger partial charge in [-0.05, 0) is 23.8 Å². The molecular weight excluding hydrogens is 303 g/mol. The second-order valence-electron chi connectivity index (χ2n) is 3.44. The summed E-state index contributed by atoms with van der Waals surface area (Å²) < 4.78 is 14.3. The minimum absolute atomic E-state index is 0.209. The Labute approximate surface area is 112 Å². The Kier molecular flexibility index (Phi) is 4.02. The molecule has 0 aliphatic rings. The lowest BCUT2D eigenvalue weighted by molar-refractivity contribution is 0.616. The number of pyridine rings is 1. The number of nitrogen functional groups attached to an aromatic ring is 1. The highest BCUT2D eigenvalue weighted by molar-refractivity contribution is 9.10. The predicted octanol–water partition coefficient (Wildman–Crippen LogP) is 3.86. The van der Waals surface area contributed by atoms with E-state index in [4.69, 9.17) is 5.73 Å². The highest BCUT2D eigenvalue weighted by Crippen LogP contribution is 2.28. The number of benzene rings is 1. The summed E-state index contributed by atoms with van der Waals surface area (Å²) in [5.41, 5.74) is 7.04. The van der Waals surface area contributed by atoms with Gasteiger partial charge in [0.05, 0.1) is 11.9 Å². The Balaban J connectivity index is 2.10. The lowest BCUT2D eigenvalue weighted by Gasteiger charge is -2.05. The summed E-state index contributed by atoms with van der Waals surface area (Å²) in [7, 11) is 0. The van der Waals surface area contributed by atoms with Crippen LogP contribution in [0.15, 0.2) is 46.0 Å². The zero-order valence-corrected chi connectivity index (χ0v) is 11.3. The third kappa shape index (κ3) is 3.20. The van der Waals surface area contributed by atoms with Crippen LogP contribution in [0, 0.1) is 5.82 Å². The van der Waals surface area contributed by atoms with E-state index in [1.54, 1.807) is 18.5 Å². The van der Waals surface area contributed by atoms with Gasteiger partial charge in [0.2, 0.25) is 0 Å². The monoisotopic (exact) mass is 312 g/mol. The first-order valence-corrected chi connectivity index (χ1v) is 6.71. The summed E-state index contributed by atoms with van der Waals surface area (Å²) in [5.74, 6) is 0.340. The lowest BCUT2D eigenvalue weighted by Crippen LogP contribution is -1.91. The molecule has 0 atom stereocenters. The number of thioether (sulfide) groups is 1. The average molecular weight is 313 g/mol. The predicted molar refractivity (Wildman–Crippen MR) is 72.3 cm³/mol. The first-order valence-electron chi connectivity index (χ1n) is 4.93. The van der Waals surface area contributed by atoms with Crippen molar-refractivity contribution in [2.45, 2.75) is 10.6 Å². The average Bonchev–Trinajstić information content (AvgIpc) is 2.30. The van der Waals surface area contributed by atoms with Gasteiger partial charge in [0.1, 0.15) is 5.82 Å². The first kappa shape index (κ1) is 12.4. The molecule has 0 saturated carbocycles. The maximum Gasteiger partial charge on any atom is 0.128 e. The maximum atomic E-state index is 13.6. The second kappa shape index (κ2) is 5.51. The van der Waals surface area contributed by atoms with Gasteiger partial charge in [-0.1, -0.05) is 22.0 Å². The van der Waals surface area contributed by atoms with Crippen molar-refractivity contribution >= 4 is 33.4 Å². The minimum Gasteiger partial charge on any atom is -0.397 e. The van der Waals surface area contributed by atoms with Crippen molar-refractivity contribution < 1.29 is 4.39 Å². The van der Waals surface area contributed by atoms with E-state index in [0.29, 0.717) is 17.0 Å². The molecule has 0 saturated heterocycles. The molecule has 17 heavy (non-hydrogen) atoms. The zero-order valence-electron chi connectivity index (χ0n) is 8.86. The molecule has 1 aromatic heterocycles. The molecule has 88 valence electrons. The van der Waals surface area contributed by atoms with E-state index in [1.165, 1.54) is 17.8 Å². The molecular formula is C12H10BrFN2S. The van der Waals surface area contributed by atoms with Gasteiger partial charge in [-0.15, -0.1) is 11.8 Å². The van der Waals surface area contributed by atoms with Crippen molar-refractivity contribution in [1.82, 2.24) is 4.98 Å². The van der Waals surface area contributed by atoms with Crippen LogP contribution in [-0.2, 0) is 5.75 Å². The van der Waals surface area contributed by atoms with E-state index in [1.807, 2.05) is 12.1 Å². The van der Waals surface area contributed by atoms with Gasteiger partial charge in [-0.2, -0.15) is 0 Å². The van der Waals surface area contributed by atoms with Crippen LogP contribution < -0.4 is 5.73 Å². The lowest BCUT2D eigenvalue weighted by atomic mass is 10.2. The van der Waals surface area contributed by atoms with Crippen LogP contribution in [0.25, 0.3) is 0 Å². The molecule has 2 rings (SSSR count). The number of nitrogens with two attached hydrogens (primary N) is 1. The largest absolute Gasteiger partial charge is 0.397 e. The van der Waals surface area contributed by atoms with E-state index in [2.05, 4.69) is 20.9 Å². The molecule has 0 amide bonds. The van der Waals surface area contributed by atoms with Crippen LogP contribution in [0.1, 0.15) is 5.56 Å². The zero-order chi connectivity index (χ0) is 12.3. The van der Waals surface area contributed by atoms with Crippen LogP contribution in [0.3, 0.4) is 0 Å². The van der Waals surface area contributed by atoms with E-state index in [-0.39, 0.29) is 5.82 Å². The topological polar surface area (TPSA) is 38.9 Å². The summed E-state index contributed by atoms with van der Waals surface area (Å²) in [6.07, 6.45) is 3.27. The summed E-state index contributed by atoms with van der Waals surface area (Å²) >= 11 is 4.73. The fourth-order valence-corrected chi connectivity index (χ4v) is 2.57. The van der Waals surface area contributed by atoms with E-state index in [9.17, 15) is 4.39 Å². The number of aromatic nitrogens is 1. The van der Waals surface area contributed by atoms with Crippen LogP contribution in [-0.4, -0.2) is 4.98 Å². The van der Waals surface area contributed by atoms with Gasteiger partial charge in [0, 0.05) is 21.3 Å². The molecule has 0 radical (unpaired) electrons. The molecule has 0 fully saturated rings. The normalized spacial score (nSPS) is 10.5. The summed E-state index contributed by atoms with van der Waals surface area (Å²) in [4.78, 5) is 4.83. The van der Waals surface area contributed by atoms with Crippen molar-refractivity contribution in [2.24, 2.45) is 0 Å². The van der Waals surface area contributed by atoms with Gasteiger partial charge >= 0.3 is 0 Å². The number of nitrogens with zero attached hydrogens (tertiary/aromatic N) is 1. The SMILES string of the molecule is Nc1cnccc1SCc1ccc(Br)cc1F. The van der Waals surface area contributed by atoms with Crippen LogP contribution in [0.2, 0.25) is 0 Å². The summed E-state index contributed by atoms with van der Waals surface area (Å²) in [6, 6.07) is 6.89. The van der Waals surface area contributed by atoms with Crippen molar-refractivity contribution in [3.8, 4) is 0 Å². The summed E-state index contributed by atoms with van der Waals surface area (Å²) in [5, 5.41) is 0. The smallest absolute Gasteiger partial charge is 0.128 e. The van der Waals surface area contributed by atoms with Crippen LogP contribution >= 0.6 is 27.7 Å². The third-order valence-electron chi connectivity index (χ3n) is 2.21. The van der Waals surface area contributed by atoms with E-state index in [0.717, 1.165) is 9.37 Å². The second-order valence-corrected chi connectivity index (χ2v) is 5.37. The molecule has 2 N–H and O–H groups in total. The van der Waals surface area contributed by atoms with Crippen LogP contribution in [0.5, 0.6) is 0 Å². The highest BCUT2D eigenvalue weighted by Gasteiger charge is 2.05. The van der Waals surface area contributed by atoms with Gasteiger partial charge in [0.15, 0.2) is 0 Å². The van der Waals surface area contributed by atoms with Crippen molar-refractivity contribution in [1.29, 1.82) is 0 Å². The van der Waals surface area contributed by atoms with E-state index >= 15 is 0 Å². The van der Waals surface area contributed by atoms with Gasteiger partial charge in [-0.25, -0.2) is 4.39 Å². The molecule has 0 unspecified atom stereocenters. The van der Waals surface area contributed by atoms with Gasteiger partial charge < -0.3 is 5.73 Å². The molecule has 5 heteroatoms. The fourth-order valence-electron chi connectivity index (χ4n) is 1.32. The maximum absolute atomic E-state index is 13.6. The Bertz CT molecular complexity index is 534. The first-order chi connectivity index (χ1) is 8.16. The number of anilines is 1. The summed E-state index contributed by atoms with van der Waals surface area (Å²) in [6.45, 7) is 0. The number of halogens is 2. The molecule has 0 spiro atoms. The standard InChI is InChI=1S/C12H10BrFN2S/c13-9-2-1-8(10(14)5-9)7-17-12-3-4-16-6-11(12)15/h1-6H,7,15H2. The van der Waals surface area contributed by atoms with Crippen molar-refractivity contribution in [3.05, 3.63) is 52.5 Å². The Morgan fingerprint density at radius 3 is 2.88 bits per heavy atom. The number of hydrogen-bond acceptors (Lipinski definition) is 3. The highest BCUT2D eigenvalue weighted by atomic mass is 79.9. The van der Waals surface area contributed by atoms with Gasteiger partial charge in [0.25, 0.3) is 0 Å². The molecule has 2 aromatic rings. The molecule has 0 aliphatic carbocycles. The molecule has 2 nitrogen and oxygen atoms in total. The minimum atomic E-state index is -0.209. The number of hydrogen-bond donors (Lipinski definition) is 1. The molecule has 1 heterocycles.